The Kier molecular flexibility index (Phi) is 10.2. The molecular formula is C23H31IN6O3. The van der Waals surface area contributed by atoms with Crippen molar-refractivity contribution in [1.82, 2.24) is 16.0 Å². The Balaban J connectivity index is 0.00000385. The van der Waals surface area contributed by atoms with Crippen molar-refractivity contribution in [2.24, 2.45) is 10.7 Å². The van der Waals surface area contributed by atoms with E-state index in [0.717, 1.165) is 42.5 Å². The van der Waals surface area contributed by atoms with Crippen LogP contribution in [0.2, 0.25) is 0 Å². The SMILES string of the molecule is CN=C(NCc1ccc(C(=O)NCC(N)=O)cc1)NC1CCN(c2ccccc2OC)C1.I. The summed E-state index contributed by atoms with van der Waals surface area (Å²) < 4.78 is 5.49. The van der Waals surface area contributed by atoms with Crippen LogP contribution in [-0.4, -0.2) is 57.6 Å². The molecule has 1 saturated heterocycles. The highest BCUT2D eigenvalue weighted by Crippen LogP contribution is 2.30. The molecule has 1 atom stereocenters. The zero-order chi connectivity index (χ0) is 22.9. The molecule has 0 spiro atoms. The smallest absolute Gasteiger partial charge is 0.251 e. The number of aliphatic imine (C=N–C) groups is 1. The Hall–Kier alpha value is -3.02. The van der Waals surface area contributed by atoms with Crippen LogP contribution < -0.4 is 31.3 Å². The van der Waals surface area contributed by atoms with Crippen molar-refractivity contribution in [3.05, 3.63) is 59.7 Å². The van der Waals surface area contributed by atoms with Crippen LogP contribution in [0.3, 0.4) is 0 Å². The maximum absolute atomic E-state index is 12.0. The predicted octanol–water partition coefficient (Wildman–Crippen LogP) is 1.47. The lowest BCUT2D eigenvalue weighted by Gasteiger charge is -2.22. The molecule has 2 aromatic carbocycles. The third-order valence-electron chi connectivity index (χ3n) is 5.28. The fraction of sp³-hybridized carbons (Fsp3) is 0.348. The summed E-state index contributed by atoms with van der Waals surface area (Å²) in [4.78, 5) is 29.4. The van der Waals surface area contributed by atoms with Gasteiger partial charge in [0.2, 0.25) is 5.91 Å². The average Bonchev–Trinajstić information content (AvgIpc) is 3.28. The molecule has 1 aliphatic heterocycles. The first-order valence-electron chi connectivity index (χ1n) is 10.5. The molecule has 0 bridgehead atoms. The van der Waals surface area contributed by atoms with E-state index in [1.165, 1.54) is 0 Å². The zero-order valence-corrected chi connectivity index (χ0v) is 21.2. The first-order chi connectivity index (χ1) is 15.5. The number of nitrogens with one attached hydrogen (secondary N) is 3. The van der Waals surface area contributed by atoms with Gasteiger partial charge in [0, 0.05) is 38.3 Å². The summed E-state index contributed by atoms with van der Waals surface area (Å²) in [5.41, 5.74) is 7.62. The summed E-state index contributed by atoms with van der Waals surface area (Å²) in [5, 5.41) is 9.26. The normalized spacial score (nSPS) is 15.4. The van der Waals surface area contributed by atoms with Gasteiger partial charge in [-0.15, -0.1) is 24.0 Å². The first-order valence-corrected chi connectivity index (χ1v) is 10.5. The minimum atomic E-state index is -0.577. The van der Waals surface area contributed by atoms with Crippen molar-refractivity contribution in [3.8, 4) is 5.75 Å². The minimum Gasteiger partial charge on any atom is -0.495 e. The van der Waals surface area contributed by atoms with E-state index in [1.54, 1.807) is 26.3 Å². The Morgan fingerprint density at radius 1 is 1.15 bits per heavy atom. The van der Waals surface area contributed by atoms with Crippen LogP contribution in [0.25, 0.3) is 0 Å². The highest BCUT2D eigenvalue weighted by Gasteiger charge is 2.25. The lowest BCUT2D eigenvalue weighted by Crippen LogP contribution is -2.44. The molecule has 0 aromatic heterocycles. The van der Waals surface area contributed by atoms with Gasteiger partial charge in [0.25, 0.3) is 5.91 Å². The van der Waals surface area contributed by atoms with Crippen LogP contribution >= 0.6 is 24.0 Å². The number of hydrogen-bond acceptors (Lipinski definition) is 5. The number of carbonyl (C=O) groups excluding carboxylic acids is 2. The highest BCUT2D eigenvalue weighted by atomic mass is 127. The summed E-state index contributed by atoms with van der Waals surface area (Å²) in [6, 6.07) is 15.5. The van der Waals surface area contributed by atoms with Gasteiger partial charge in [-0.3, -0.25) is 14.6 Å². The zero-order valence-electron chi connectivity index (χ0n) is 18.8. The quantitative estimate of drug-likeness (QED) is 0.218. The number of amides is 2. The summed E-state index contributed by atoms with van der Waals surface area (Å²) >= 11 is 0. The Morgan fingerprint density at radius 2 is 1.88 bits per heavy atom. The molecule has 1 heterocycles. The van der Waals surface area contributed by atoms with Gasteiger partial charge in [-0.2, -0.15) is 0 Å². The van der Waals surface area contributed by atoms with Crippen LogP contribution in [-0.2, 0) is 11.3 Å². The number of rotatable bonds is 8. The van der Waals surface area contributed by atoms with Gasteiger partial charge in [-0.05, 0) is 36.2 Å². The molecule has 2 aromatic rings. The number of anilines is 1. The lowest BCUT2D eigenvalue weighted by molar-refractivity contribution is -0.117. The molecule has 33 heavy (non-hydrogen) atoms. The van der Waals surface area contributed by atoms with Gasteiger partial charge in [0.15, 0.2) is 5.96 Å². The average molecular weight is 566 g/mol. The van der Waals surface area contributed by atoms with Crippen molar-refractivity contribution < 1.29 is 14.3 Å². The van der Waals surface area contributed by atoms with Crippen LogP contribution in [0, 0.1) is 0 Å². The van der Waals surface area contributed by atoms with E-state index >= 15 is 0 Å². The van der Waals surface area contributed by atoms with Gasteiger partial charge in [0.05, 0.1) is 19.3 Å². The number of carbonyl (C=O) groups is 2. The Bertz CT molecular complexity index is 967. The molecule has 9 nitrogen and oxygen atoms in total. The Labute approximate surface area is 211 Å². The number of primary amides is 1. The van der Waals surface area contributed by atoms with Crippen molar-refractivity contribution in [2.45, 2.75) is 19.0 Å². The standard InChI is InChI=1S/C23H30N6O3.HI/c1-25-23(27-13-16-7-9-17(10-8-16)22(31)26-14-21(24)30)28-18-11-12-29(15-18)19-5-3-4-6-20(19)32-2;/h3-10,18H,11-15H2,1-2H3,(H2,24,30)(H,26,31)(H2,25,27,28);1H. The number of para-hydroxylation sites is 2. The van der Waals surface area contributed by atoms with E-state index in [0.29, 0.717) is 12.1 Å². The molecule has 1 unspecified atom stereocenters. The molecule has 1 fully saturated rings. The van der Waals surface area contributed by atoms with Crippen LogP contribution in [0.15, 0.2) is 53.5 Å². The number of nitrogens with two attached hydrogens (primary N) is 1. The molecule has 1 aliphatic rings. The van der Waals surface area contributed by atoms with Gasteiger partial charge < -0.3 is 31.3 Å². The highest BCUT2D eigenvalue weighted by molar-refractivity contribution is 14.0. The molecule has 178 valence electrons. The first kappa shape index (κ1) is 26.2. The number of ether oxygens (including phenoxy) is 1. The number of benzene rings is 2. The van der Waals surface area contributed by atoms with E-state index in [9.17, 15) is 9.59 Å². The molecule has 0 aliphatic carbocycles. The van der Waals surface area contributed by atoms with Gasteiger partial charge in [-0.1, -0.05) is 24.3 Å². The van der Waals surface area contributed by atoms with E-state index in [2.05, 4.69) is 31.9 Å². The van der Waals surface area contributed by atoms with Crippen molar-refractivity contribution >= 4 is 47.4 Å². The Morgan fingerprint density at radius 3 is 2.55 bits per heavy atom. The summed E-state index contributed by atoms with van der Waals surface area (Å²) in [6.07, 6.45) is 0.994. The molecule has 5 N–H and O–H groups in total. The van der Waals surface area contributed by atoms with Crippen LogP contribution in [0.4, 0.5) is 5.69 Å². The fourth-order valence-electron chi connectivity index (χ4n) is 3.61. The number of halogens is 1. The number of nitrogens with zero attached hydrogens (tertiary/aromatic N) is 2. The monoisotopic (exact) mass is 566 g/mol. The van der Waals surface area contributed by atoms with Gasteiger partial charge in [-0.25, -0.2) is 0 Å². The van der Waals surface area contributed by atoms with Crippen LogP contribution in [0.5, 0.6) is 5.75 Å². The van der Waals surface area contributed by atoms with E-state index in [-0.39, 0.29) is 42.5 Å². The third-order valence-corrected chi connectivity index (χ3v) is 5.28. The second kappa shape index (κ2) is 12.9. The summed E-state index contributed by atoms with van der Waals surface area (Å²) in [5.74, 6) is 0.690. The van der Waals surface area contributed by atoms with Gasteiger partial charge in [0.1, 0.15) is 5.75 Å². The molecule has 0 saturated carbocycles. The second-order valence-corrected chi connectivity index (χ2v) is 7.52. The van der Waals surface area contributed by atoms with Crippen molar-refractivity contribution in [3.63, 3.8) is 0 Å². The molecule has 3 rings (SSSR count). The van der Waals surface area contributed by atoms with E-state index in [1.807, 2.05) is 30.3 Å². The second-order valence-electron chi connectivity index (χ2n) is 7.52. The number of guanidine groups is 1. The number of methoxy groups -OCH3 is 1. The largest absolute Gasteiger partial charge is 0.495 e. The van der Waals surface area contributed by atoms with E-state index in [4.69, 9.17) is 10.5 Å². The van der Waals surface area contributed by atoms with E-state index < -0.39 is 5.91 Å². The third kappa shape index (κ3) is 7.52. The van der Waals surface area contributed by atoms with Crippen molar-refractivity contribution in [2.75, 3.05) is 38.7 Å². The maximum atomic E-state index is 12.0. The molecular weight excluding hydrogens is 535 g/mol. The lowest BCUT2D eigenvalue weighted by atomic mass is 10.1. The molecule has 2 amide bonds. The topological polar surface area (TPSA) is 121 Å². The predicted molar refractivity (Wildman–Crippen MR) is 140 cm³/mol. The van der Waals surface area contributed by atoms with Crippen molar-refractivity contribution in [1.29, 1.82) is 0 Å². The van der Waals surface area contributed by atoms with Gasteiger partial charge >= 0.3 is 0 Å². The fourth-order valence-corrected chi connectivity index (χ4v) is 3.61. The number of hydrogen-bond donors (Lipinski definition) is 4. The maximum Gasteiger partial charge on any atom is 0.251 e. The molecule has 0 radical (unpaired) electrons. The summed E-state index contributed by atoms with van der Waals surface area (Å²) in [6.45, 7) is 2.18. The van der Waals surface area contributed by atoms with Crippen LogP contribution in [0.1, 0.15) is 22.3 Å². The molecule has 10 heteroatoms. The minimum absolute atomic E-state index is 0. The summed E-state index contributed by atoms with van der Waals surface area (Å²) in [7, 11) is 3.44.